The summed E-state index contributed by atoms with van der Waals surface area (Å²) in [6.45, 7) is 3.55. The van der Waals surface area contributed by atoms with Crippen LogP contribution in [0.25, 0.3) is 0 Å². The first kappa shape index (κ1) is 16.8. The normalized spacial score (nSPS) is 21.2. The van der Waals surface area contributed by atoms with E-state index in [2.05, 4.69) is 18.7 Å². The second kappa shape index (κ2) is 7.21. The van der Waals surface area contributed by atoms with Gasteiger partial charge in [0.05, 0.1) is 4.90 Å². The molecule has 0 radical (unpaired) electrons. The highest BCUT2D eigenvalue weighted by Gasteiger charge is 2.25. The lowest BCUT2D eigenvalue weighted by atomic mass is 9.81. The van der Waals surface area contributed by atoms with Crippen LogP contribution in [-0.2, 0) is 9.84 Å². The summed E-state index contributed by atoms with van der Waals surface area (Å²) >= 11 is 0. The van der Waals surface area contributed by atoms with E-state index in [1.165, 1.54) is 56.9 Å². The van der Waals surface area contributed by atoms with Gasteiger partial charge < -0.3 is 0 Å². The first-order valence-corrected chi connectivity index (χ1v) is 10.7. The maximum atomic E-state index is 12.6. The fourth-order valence-electron chi connectivity index (χ4n) is 4.33. The third-order valence-electron chi connectivity index (χ3n) is 5.69. The van der Waals surface area contributed by atoms with Crippen LogP contribution < -0.4 is 0 Å². The Labute approximate surface area is 140 Å². The monoisotopic (exact) mass is 332 g/mol. The highest BCUT2D eigenvalue weighted by molar-refractivity contribution is 7.94. The van der Waals surface area contributed by atoms with Gasteiger partial charge in [0.1, 0.15) is 0 Å². The molecule has 0 amide bonds. The van der Waals surface area contributed by atoms with Gasteiger partial charge in [-0.25, -0.2) is 8.42 Å². The highest BCUT2D eigenvalue weighted by Crippen LogP contribution is 2.39. The largest absolute Gasteiger partial charge is 0.219 e. The molecule has 2 saturated carbocycles. The first-order chi connectivity index (χ1) is 11.1. The minimum absolute atomic E-state index is 0.397. The zero-order valence-electron chi connectivity index (χ0n) is 14.0. The van der Waals surface area contributed by atoms with E-state index in [1.54, 1.807) is 0 Å². The van der Waals surface area contributed by atoms with Crippen molar-refractivity contribution in [3.8, 4) is 0 Å². The molecule has 2 nitrogen and oxygen atoms in total. The molecule has 0 aliphatic heterocycles. The van der Waals surface area contributed by atoms with Crippen LogP contribution >= 0.6 is 0 Å². The number of sulfone groups is 1. The highest BCUT2D eigenvalue weighted by atomic mass is 32.2. The summed E-state index contributed by atoms with van der Waals surface area (Å²) < 4.78 is 25.2. The second-order valence-electron chi connectivity index (χ2n) is 7.18. The summed E-state index contributed by atoms with van der Waals surface area (Å²) in [5.74, 6) is 0.928. The van der Waals surface area contributed by atoms with Crippen molar-refractivity contribution in [2.75, 3.05) is 0 Å². The average Bonchev–Trinajstić information content (AvgIpc) is 2.62. The molecule has 0 spiro atoms. The van der Waals surface area contributed by atoms with Gasteiger partial charge in [-0.1, -0.05) is 57.2 Å². The van der Waals surface area contributed by atoms with Crippen molar-refractivity contribution in [1.29, 1.82) is 0 Å². The molecule has 0 bridgehead atoms. The molecule has 2 aliphatic rings. The molecule has 0 N–H and O–H groups in total. The van der Waals surface area contributed by atoms with Gasteiger partial charge in [0.15, 0.2) is 9.84 Å². The lowest BCUT2D eigenvalue weighted by Gasteiger charge is -2.26. The molecular weight excluding hydrogens is 304 g/mol. The van der Waals surface area contributed by atoms with Crippen LogP contribution in [0, 0.1) is 0 Å². The van der Waals surface area contributed by atoms with Gasteiger partial charge in [0, 0.05) is 5.41 Å². The van der Waals surface area contributed by atoms with Crippen molar-refractivity contribution in [3.05, 3.63) is 41.3 Å². The zero-order valence-corrected chi connectivity index (χ0v) is 14.8. The standard InChI is InChI=1S/C20H28O2S/c1-2-23(21,22)20-15-18(16-9-5-3-6-10-16)13-14-19(20)17-11-7-4-8-12-17/h2,13-17H,1,3-12H2. The topological polar surface area (TPSA) is 34.1 Å². The molecule has 3 rings (SSSR count). The molecule has 2 aliphatic carbocycles. The Hall–Kier alpha value is -1.09. The number of rotatable bonds is 4. The van der Waals surface area contributed by atoms with Crippen molar-refractivity contribution in [2.45, 2.75) is 80.9 Å². The predicted molar refractivity (Wildman–Crippen MR) is 95.5 cm³/mol. The molecule has 1 aromatic carbocycles. The van der Waals surface area contributed by atoms with E-state index in [1.807, 2.05) is 6.07 Å². The molecule has 23 heavy (non-hydrogen) atoms. The summed E-state index contributed by atoms with van der Waals surface area (Å²) in [7, 11) is -3.38. The Balaban J connectivity index is 2.00. The lowest BCUT2D eigenvalue weighted by molar-refractivity contribution is 0.434. The summed E-state index contributed by atoms with van der Waals surface area (Å²) in [5.41, 5.74) is 2.24. The Morgan fingerprint density at radius 2 is 1.43 bits per heavy atom. The molecule has 1 aromatic rings. The van der Waals surface area contributed by atoms with Crippen molar-refractivity contribution >= 4 is 9.84 Å². The lowest BCUT2D eigenvalue weighted by Crippen LogP contribution is -2.12. The van der Waals surface area contributed by atoms with Crippen molar-refractivity contribution in [3.63, 3.8) is 0 Å². The van der Waals surface area contributed by atoms with Gasteiger partial charge in [-0.3, -0.25) is 0 Å². The second-order valence-corrected chi connectivity index (χ2v) is 9.04. The fraction of sp³-hybridized carbons (Fsp3) is 0.600. The zero-order chi connectivity index (χ0) is 16.3. The van der Waals surface area contributed by atoms with Gasteiger partial charge in [-0.15, -0.1) is 0 Å². The first-order valence-electron chi connectivity index (χ1n) is 9.13. The number of hydrogen-bond acceptors (Lipinski definition) is 2. The van der Waals surface area contributed by atoms with Gasteiger partial charge in [-0.2, -0.15) is 0 Å². The molecule has 126 valence electrons. The molecule has 0 aromatic heterocycles. The summed E-state index contributed by atoms with van der Waals surface area (Å²) in [4.78, 5) is 0.530. The van der Waals surface area contributed by atoms with E-state index >= 15 is 0 Å². The summed E-state index contributed by atoms with van der Waals surface area (Å²) in [5, 5.41) is 1.12. The van der Waals surface area contributed by atoms with Crippen LogP contribution in [0.3, 0.4) is 0 Å². The van der Waals surface area contributed by atoms with E-state index in [0.29, 0.717) is 16.7 Å². The average molecular weight is 333 g/mol. The minimum Gasteiger partial charge on any atom is -0.219 e. The van der Waals surface area contributed by atoms with E-state index in [-0.39, 0.29) is 0 Å². The maximum Gasteiger partial charge on any atom is 0.199 e. The van der Waals surface area contributed by atoms with E-state index in [9.17, 15) is 8.42 Å². The Kier molecular flexibility index (Phi) is 5.25. The van der Waals surface area contributed by atoms with E-state index in [4.69, 9.17) is 0 Å². The Morgan fingerprint density at radius 3 is 2.00 bits per heavy atom. The van der Waals surface area contributed by atoms with Crippen molar-refractivity contribution < 1.29 is 8.42 Å². The van der Waals surface area contributed by atoms with Crippen LogP contribution in [0.4, 0.5) is 0 Å². The Bertz CT molecular complexity index is 648. The van der Waals surface area contributed by atoms with Gasteiger partial charge in [0.2, 0.25) is 0 Å². The van der Waals surface area contributed by atoms with Gasteiger partial charge >= 0.3 is 0 Å². The van der Waals surface area contributed by atoms with Crippen molar-refractivity contribution in [2.24, 2.45) is 0 Å². The van der Waals surface area contributed by atoms with Crippen LogP contribution in [0.5, 0.6) is 0 Å². The van der Waals surface area contributed by atoms with Crippen LogP contribution in [0.1, 0.15) is 87.2 Å². The third kappa shape index (κ3) is 3.71. The summed E-state index contributed by atoms with van der Waals surface area (Å²) in [6.07, 6.45) is 12.1. The Morgan fingerprint density at radius 1 is 0.870 bits per heavy atom. The molecule has 2 fully saturated rings. The molecule has 0 unspecified atom stereocenters. The fourth-order valence-corrected chi connectivity index (χ4v) is 5.37. The number of benzene rings is 1. The molecular formula is C20H28O2S. The SMILES string of the molecule is C=CS(=O)(=O)c1cc(C2CCCCC2)ccc1C1CCCCC1. The molecule has 0 heterocycles. The molecule has 0 atom stereocenters. The smallest absolute Gasteiger partial charge is 0.199 e. The summed E-state index contributed by atoms with van der Waals surface area (Å²) in [6, 6.07) is 6.27. The van der Waals surface area contributed by atoms with Gasteiger partial charge in [0.25, 0.3) is 0 Å². The van der Waals surface area contributed by atoms with Gasteiger partial charge in [-0.05, 0) is 54.7 Å². The van der Waals surface area contributed by atoms with Crippen LogP contribution in [0.15, 0.2) is 35.1 Å². The minimum atomic E-state index is -3.38. The number of hydrogen-bond donors (Lipinski definition) is 0. The molecule has 3 heteroatoms. The predicted octanol–water partition coefficient (Wildman–Crippen LogP) is 5.70. The quantitative estimate of drug-likeness (QED) is 0.709. The van der Waals surface area contributed by atoms with Crippen molar-refractivity contribution in [1.82, 2.24) is 0 Å². The van der Waals surface area contributed by atoms with E-state index in [0.717, 1.165) is 23.8 Å². The van der Waals surface area contributed by atoms with Crippen LogP contribution in [-0.4, -0.2) is 8.42 Å². The maximum absolute atomic E-state index is 12.6. The van der Waals surface area contributed by atoms with Crippen LogP contribution in [0.2, 0.25) is 0 Å². The molecule has 0 saturated heterocycles. The van der Waals surface area contributed by atoms with E-state index < -0.39 is 9.84 Å². The third-order valence-corrected chi connectivity index (χ3v) is 7.09.